The van der Waals surface area contributed by atoms with Gasteiger partial charge in [-0.15, -0.1) is 11.3 Å². The summed E-state index contributed by atoms with van der Waals surface area (Å²) in [4.78, 5) is 34.1. The van der Waals surface area contributed by atoms with Crippen LogP contribution in [0.5, 0.6) is 0 Å². The Balaban J connectivity index is 1.15. The van der Waals surface area contributed by atoms with Crippen molar-refractivity contribution < 1.29 is 9.59 Å². The molecule has 194 valence electrons. The first-order chi connectivity index (χ1) is 17.5. The van der Waals surface area contributed by atoms with Gasteiger partial charge < -0.3 is 9.80 Å². The van der Waals surface area contributed by atoms with Crippen molar-refractivity contribution in [3.63, 3.8) is 0 Å². The third-order valence-electron chi connectivity index (χ3n) is 8.61. The van der Waals surface area contributed by atoms with Gasteiger partial charge in [-0.05, 0) is 55.2 Å². The molecule has 2 atom stereocenters. The van der Waals surface area contributed by atoms with Crippen LogP contribution < -0.4 is 0 Å². The summed E-state index contributed by atoms with van der Waals surface area (Å²) in [5.74, 6) is 1.25. The predicted octanol–water partition coefficient (Wildman–Crippen LogP) is 5.42. The minimum Gasteiger partial charge on any atom is -0.339 e. The molecule has 3 aliphatic rings. The normalized spacial score (nSPS) is 23.2. The molecule has 1 saturated heterocycles. The number of hydrogen-bond acceptors (Lipinski definition) is 4. The molecule has 2 aromatic rings. The maximum atomic E-state index is 13.2. The van der Waals surface area contributed by atoms with Crippen molar-refractivity contribution in [3.8, 4) is 0 Å². The van der Waals surface area contributed by atoms with E-state index in [0.29, 0.717) is 32.5 Å². The predicted molar refractivity (Wildman–Crippen MR) is 146 cm³/mol. The Morgan fingerprint density at radius 1 is 0.972 bits per heavy atom. The van der Waals surface area contributed by atoms with Crippen LogP contribution in [0.4, 0.5) is 0 Å². The average molecular weight is 508 g/mol. The number of piperazine rings is 1. The molecule has 1 aromatic heterocycles. The SMILES string of the molecule is Cc1ccc([C@@H]2c3ccsc3CCN2CCC(=O)N2CCN(C(=O)CCC3CCCC3)[C@@H](C)C2)cc1. The molecule has 0 bridgehead atoms. The monoisotopic (exact) mass is 507 g/mol. The average Bonchev–Trinajstić information content (AvgIpc) is 3.58. The van der Waals surface area contributed by atoms with E-state index in [9.17, 15) is 9.59 Å². The number of rotatable bonds is 7. The molecular formula is C30H41N3O2S. The van der Waals surface area contributed by atoms with E-state index in [2.05, 4.69) is 54.5 Å². The van der Waals surface area contributed by atoms with Crippen LogP contribution >= 0.6 is 11.3 Å². The molecule has 1 aromatic carbocycles. The Labute approximate surface area is 220 Å². The molecular weight excluding hydrogens is 466 g/mol. The molecule has 6 heteroatoms. The summed E-state index contributed by atoms with van der Waals surface area (Å²) in [6, 6.07) is 11.5. The minimum absolute atomic E-state index is 0.0995. The fourth-order valence-corrected chi connectivity index (χ4v) is 7.37. The Morgan fingerprint density at radius 3 is 2.50 bits per heavy atom. The van der Waals surface area contributed by atoms with Gasteiger partial charge in [0.1, 0.15) is 0 Å². The van der Waals surface area contributed by atoms with E-state index in [1.165, 1.54) is 47.3 Å². The first-order valence-electron chi connectivity index (χ1n) is 13.9. The van der Waals surface area contributed by atoms with E-state index in [4.69, 9.17) is 0 Å². The fourth-order valence-electron chi connectivity index (χ4n) is 6.47. The Morgan fingerprint density at radius 2 is 1.75 bits per heavy atom. The van der Waals surface area contributed by atoms with Gasteiger partial charge in [0.05, 0.1) is 6.04 Å². The quantitative estimate of drug-likeness (QED) is 0.502. The first-order valence-corrected chi connectivity index (χ1v) is 14.8. The van der Waals surface area contributed by atoms with Crippen LogP contribution in [0.25, 0.3) is 0 Å². The second kappa shape index (κ2) is 11.5. The molecule has 1 saturated carbocycles. The number of nitrogens with zero attached hydrogens (tertiary/aromatic N) is 3. The third-order valence-corrected chi connectivity index (χ3v) is 9.61. The highest BCUT2D eigenvalue weighted by atomic mass is 32.1. The van der Waals surface area contributed by atoms with Gasteiger partial charge in [-0.1, -0.05) is 55.5 Å². The molecule has 2 amide bonds. The van der Waals surface area contributed by atoms with Crippen molar-refractivity contribution in [1.82, 2.24) is 14.7 Å². The number of fused-ring (bicyclic) bond motifs is 1. The Bertz CT molecular complexity index is 1040. The smallest absolute Gasteiger partial charge is 0.223 e. The fraction of sp³-hybridized carbons (Fsp3) is 0.600. The lowest BCUT2D eigenvalue weighted by molar-refractivity contribution is -0.142. The molecule has 5 nitrogen and oxygen atoms in total. The molecule has 3 heterocycles. The van der Waals surface area contributed by atoms with Gasteiger partial charge in [0, 0.05) is 56.5 Å². The molecule has 36 heavy (non-hydrogen) atoms. The van der Waals surface area contributed by atoms with E-state index in [0.717, 1.165) is 31.8 Å². The first kappa shape index (κ1) is 25.5. The third kappa shape index (κ3) is 5.70. The summed E-state index contributed by atoms with van der Waals surface area (Å²) < 4.78 is 0. The van der Waals surface area contributed by atoms with Crippen LogP contribution in [0.2, 0.25) is 0 Å². The summed E-state index contributed by atoms with van der Waals surface area (Å²) in [6.07, 6.45) is 8.53. The summed E-state index contributed by atoms with van der Waals surface area (Å²) in [5, 5.41) is 2.20. The summed E-state index contributed by atoms with van der Waals surface area (Å²) in [6.45, 7) is 7.97. The second-order valence-corrected chi connectivity index (χ2v) is 12.1. The number of hydrogen-bond donors (Lipinski definition) is 0. The van der Waals surface area contributed by atoms with Crippen LogP contribution in [0.1, 0.15) is 79.5 Å². The summed E-state index contributed by atoms with van der Waals surface area (Å²) in [7, 11) is 0. The van der Waals surface area contributed by atoms with E-state index in [1.54, 1.807) is 0 Å². The lowest BCUT2D eigenvalue weighted by atomic mass is 9.92. The molecule has 2 fully saturated rings. The number of carbonyl (C=O) groups is 2. The largest absolute Gasteiger partial charge is 0.339 e. The minimum atomic E-state index is 0.0995. The van der Waals surface area contributed by atoms with Crippen molar-refractivity contribution >= 4 is 23.2 Å². The number of benzene rings is 1. The zero-order valence-electron chi connectivity index (χ0n) is 22.0. The molecule has 0 unspecified atom stereocenters. The Kier molecular flexibility index (Phi) is 8.12. The van der Waals surface area contributed by atoms with E-state index in [-0.39, 0.29) is 23.9 Å². The highest BCUT2D eigenvalue weighted by Gasteiger charge is 2.32. The van der Waals surface area contributed by atoms with Gasteiger partial charge >= 0.3 is 0 Å². The number of carbonyl (C=O) groups excluding carboxylic acids is 2. The number of thiophene rings is 1. The van der Waals surface area contributed by atoms with E-state index >= 15 is 0 Å². The molecule has 2 aliphatic heterocycles. The van der Waals surface area contributed by atoms with Gasteiger partial charge in [0.15, 0.2) is 0 Å². The van der Waals surface area contributed by atoms with Crippen LogP contribution in [-0.4, -0.2) is 65.3 Å². The molecule has 1 aliphatic carbocycles. The van der Waals surface area contributed by atoms with Crippen LogP contribution in [0.3, 0.4) is 0 Å². The second-order valence-electron chi connectivity index (χ2n) is 11.1. The van der Waals surface area contributed by atoms with Crippen molar-refractivity contribution in [2.45, 2.75) is 77.3 Å². The van der Waals surface area contributed by atoms with E-state index < -0.39 is 0 Å². The molecule has 0 spiro atoms. The zero-order chi connectivity index (χ0) is 25.1. The lowest BCUT2D eigenvalue weighted by Gasteiger charge is -2.41. The Hall–Kier alpha value is -2.18. The topological polar surface area (TPSA) is 43.9 Å². The lowest BCUT2D eigenvalue weighted by Crippen LogP contribution is -2.55. The van der Waals surface area contributed by atoms with Gasteiger partial charge in [0.25, 0.3) is 0 Å². The van der Waals surface area contributed by atoms with Crippen molar-refractivity contribution in [3.05, 3.63) is 57.3 Å². The van der Waals surface area contributed by atoms with Gasteiger partial charge in [-0.25, -0.2) is 0 Å². The van der Waals surface area contributed by atoms with E-state index in [1.807, 2.05) is 21.1 Å². The molecule has 0 radical (unpaired) electrons. The number of amides is 2. The standard InChI is InChI=1S/C30H41N3O2S/c1-22-7-10-25(11-8-22)30-26-15-20-36-27(26)13-16-31(30)17-14-28(34)32-18-19-33(23(2)21-32)29(35)12-9-24-5-3-4-6-24/h7-8,10-11,15,20,23-24,30H,3-6,9,12-14,16-19,21H2,1-2H3/t23-,30+/m0/s1. The highest BCUT2D eigenvalue weighted by Crippen LogP contribution is 2.38. The van der Waals surface area contributed by atoms with Crippen LogP contribution in [0.15, 0.2) is 35.7 Å². The van der Waals surface area contributed by atoms with Crippen LogP contribution in [0, 0.1) is 12.8 Å². The van der Waals surface area contributed by atoms with Crippen molar-refractivity contribution in [2.75, 3.05) is 32.7 Å². The van der Waals surface area contributed by atoms with Gasteiger partial charge in [-0.2, -0.15) is 0 Å². The maximum Gasteiger partial charge on any atom is 0.223 e. The van der Waals surface area contributed by atoms with Crippen molar-refractivity contribution in [1.29, 1.82) is 0 Å². The zero-order valence-corrected chi connectivity index (χ0v) is 22.8. The van der Waals surface area contributed by atoms with Crippen molar-refractivity contribution in [2.24, 2.45) is 5.92 Å². The number of aryl methyl sites for hydroxylation is 1. The maximum absolute atomic E-state index is 13.2. The summed E-state index contributed by atoms with van der Waals surface area (Å²) >= 11 is 1.86. The van der Waals surface area contributed by atoms with Gasteiger partial charge in [-0.3, -0.25) is 14.5 Å². The van der Waals surface area contributed by atoms with Gasteiger partial charge in [0.2, 0.25) is 11.8 Å². The summed E-state index contributed by atoms with van der Waals surface area (Å²) in [5.41, 5.74) is 3.98. The molecule has 5 rings (SSSR count). The molecule has 0 N–H and O–H groups in total. The van der Waals surface area contributed by atoms with Crippen LogP contribution in [-0.2, 0) is 16.0 Å². The highest BCUT2D eigenvalue weighted by molar-refractivity contribution is 7.10.